The highest BCUT2D eigenvalue weighted by molar-refractivity contribution is 6.43. The Morgan fingerprint density at radius 2 is 1.69 bits per heavy atom. The summed E-state index contributed by atoms with van der Waals surface area (Å²) in [6.07, 6.45) is 0. The van der Waals surface area contributed by atoms with Crippen molar-refractivity contribution >= 4 is 34.8 Å². The van der Waals surface area contributed by atoms with Gasteiger partial charge in [0.1, 0.15) is 5.15 Å². The SMILES string of the molecule is CC(C)(C)c1nc(Cl)cc(Cl)c1Cl. The average Bonchev–Trinajstić information content (AvgIpc) is 1.94. The van der Waals surface area contributed by atoms with Crippen LogP contribution in [0.1, 0.15) is 26.5 Å². The lowest BCUT2D eigenvalue weighted by Gasteiger charge is -2.19. The summed E-state index contributed by atoms with van der Waals surface area (Å²) in [5, 5.41) is 1.31. The molecule has 0 aliphatic carbocycles. The second-order valence-corrected chi connectivity index (χ2v) is 5.01. The van der Waals surface area contributed by atoms with Crippen molar-refractivity contribution in [3.63, 3.8) is 0 Å². The van der Waals surface area contributed by atoms with E-state index in [1.165, 1.54) is 0 Å². The standard InChI is InChI=1S/C9H10Cl3N/c1-9(2,3)8-7(12)5(10)4-6(11)13-8/h4H,1-3H3. The molecule has 0 aliphatic heterocycles. The van der Waals surface area contributed by atoms with Crippen LogP contribution in [-0.2, 0) is 5.41 Å². The summed E-state index contributed by atoms with van der Waals surface area (Å²) in [6, 6.07) is 1.54. The first kappa shape index (κ1) is 11.1. The lowest BCUT2D eigenvalue weighted by Crippen LogP contribution is -2.14. The number of halogens is 3. The van der Waals surface area contributed by atoms with E-state index in [4.69, 9.17) is 34.8 Å². The zero-order valence-corrected chi connectivity index (χ0v) is 9.93. The molecule has 0 aliphatic rings. The van der Waals surface area contributed by atoms with Gasteiger partial charge in [-0.05, 0) is 6.07 Å². The van der Waals surface area contributed by atoms with E-state index in [0.29, 0.717) is 15.2 Å². The number of pyridine rings is 1. The fraction of sp³-hybridized carbons (Fsp3) is 0.444. The van der Waals surface area contributed by atoms with E-state index in [1.807, 2.05) is 20.8 Å². The van der Waals surface area contributed by atoms with Gasteiger partial charge in [0.25, 0.3) is 0 Å². The fourth-order valence-electron chi connectivity index (χ4n) is 0.966. The smallest absolute Gasteiger partial charge is 0.130 e. The Bertz CT molecular complexity index is 328. The van der Waals surface area contributed by atoms with Crippen LogP contribution >= 0.6 is 34.8 Å². The Hall–Kier alpha value is 0.0200. The minimum absolute atomic E-state index is 0.147. The summed E-state index contributed by atoms with van der Waals surface area (Å²) in [4.78, 5) is 4.15. The van der Waals surface area contributed by atoms with Crippen LogP contribution in [0.25, 0.3) is 0 Å². The zero-order chi connectivity index (χ0) is 10.2. The molecule has 13 heavy (non-hydrogen) atoms. The molecule has 0 radical (unpaired) electrons. The van der Waals surface area contributed by atoms with Crippen molar-refractivity contribution in [2.45, 2.75) is 26.2 Å². The van der Waals surface area contributed by atoms with Crippen LogP contribution in [0.4, 0.5) is 0 Å². The van der Waals surface area contributed by atoms with E-state index in [9.17, 15) is 0 Å². The van der Waals surface area contributed by atoms with Crippen molar-refractivity contribution in [1.82, 2.24) is 4.98 Å². The minimum atomic E-state index is -0.147. The molecule has 1 rings (SSSR count). The first-order valence-corrected chi connectivity index (χ1v) is 4.98. The van der Waals surface area contributed by atoms with Gasteiger partial charge in [-0.3, -0.25) is 0 Å². The van der Waals surface area contributed by atoms with Crippen molar-refractivity contribution in [3.05, 3.63) is 27.0 Å². The molecule has 0 amide bonds. The highest BCUT2D eigenvalue weighted by atomic mass is 35.5. The van der Waals surface area contributed by atoms with Crippen LogP contribution in [0.3, 0.4) is 0 Å². The molecule has 0 saturated heterocycles. The maximum absolute atomic E-state index is 6.00. The number of hydrogen-bond acceptors (Lipinski definition) is 1. The molecule has 0 spiro atoms. The molecule has 0 saturated carbocycles. The first-order valence-electron chi connectivity index (χ1n) is 3.84. The molecule has 4 heteroatoms. The fourth-order valence-corrected chi connectivity index (χ4v) is 1.79. The van der Waals surface area contributed by atoms with Crippen molar-refractivity contribution in [2.75, 3.05) is 0 Å². The number of hydrogen-bond donors (Lipinski definition) is 0. The van der Waals surface area contributed by atoms with Gasteiger partial charge in [0.2, 0.25) is 0 Å². The molecule has 1 nitrogen and oxygen atoms in total. The topological polar surface area (TPSA) is 12.9 Å². The molecule has 1 heterocycles. The number of rotatable bonds is 0. The first-order chi connectivity index (χ1) is 5.82. The molecular weight excluding hydrogens is 228 g/mol. The van der Waals surface area contributed by atoms with E-state index >= 15 is 0 Å². The van der Waals surface area contributed by atoms with E-state index in [0.717, 1.165) is 5.69 Å². The van der Waals surface area contributed by atoms with Gasteiger partial charge >= 0.3 is 0 Å². The maximum atomic E-state index is 6.00. The van der Waals surface area contributed by atoms with Crippen molar-refractivity contribution in [1.29, 1.82) is 0 Å². The largest absolute Gasteiger partial charge is 0.239 e. The van der Waals surface area contributed by atoms with Gasteiger partial charge in [-0.1, -0.05) is 55.6 Å². The molecule has 0 aromatic carbocycles. The second-order valence-electron chi connectivity index (χ2n) is 3.84. The van der Waals surface area contributed by atoms with Crippen LogP contribution in [0.15, 0.2) is 6.07 Å². The predicted octanol–water partition coefficient (Wildman–Crippen LogP) is 4.34. The summed E-state index contributed by atoms with van der Waals surface area (Å²) in [7, 11) is 0. The summed E-state index contributed by atoms with van der Waals surface area (Å²) in [6.45, 7) is 6.02. The zero-order valence-electron chi connectivity index (χ0n) is 7.66. The predicted molar refractivity (Wildman–Crippen MR) is 58.0 cm³/mol. The minimum Gasteiger partial charge on any atom is -0.239 e. The van der Waals surface area contributed by atoms with Crippen LogP contribution in [0, 0.1) is 0 Å². The third-order valence-electron chi connectivity index (χ3n) is 1.59. The van der Waals surface area contributed by atoms with Crippen molar-refractivity contribution in [3.8, 4) is 0 Å². The molecule has 0 unspecified atom stereocenters. The quantitative estimate of drug-likeness (QED) is 0.613. The Morgan fingerprint density at radius 3 is 2.15 bits per heavy atom. The highest BCUT2D eigenvalue weighted by Gasteiger charge is 2.21. The van der Waals surface area contributed by atoms with Gasteiger partial charge in [0.15, 0.2) is 0 Å². The number of aromatic nitrogens is 1. The molecule has 72 valence electrons. The van der Waals surface area contributed by atoms with Crippen LogP contribution in [-0.4, -0.2) is 4.98 Å². The Balaban J connectivity index is 3.37. The lowest BCUT2D eigenvalue weighted by molar-refractivity contribution is 0.569. The van der Waals surface area contributed by atoms with Crippen LogP contribution < -0.4 is 0 Å². The van der Waals surface area contributed by atoms with Gasteiger partial charge in [-0.25, -0.2) is 4.98 Å². The van der Waals surface area contributed by atoms with Crippen LogP contribution in [0.2, 0.25) is 15.2 Å². The molecule has 0 atom stereocenters. The molecular formula is C9H10Cl3N. The van der Waals surface area contributed by atoms with Gasteiger partial charge in [0.05, 0.1) is 15.7 Å². The monoisotopic (exact) mass is 237 g/mol. The molecule has 0 bridgehead atoms. The average molecular weight is 239 g/mol. The Labute approximate surface area is 93.0 Å². The number of nitrogens with zero attached hydrogens (tertiary/aromatic N) is 1. The summed E-state index contributed by atoms with van der Waals surface area (Å²) >= 11 is 17.6. The van der Waals surface area contributed by atoms with E-state index in [-0.39, 0.29) is 5.41 Å². The maximum Gasteiger partial charge on any atom is 0.130 e. The molecule has 0 N–H and O–H groups in total. The van der Waals surface area contributed by atoms with E-state index in [2.05, 4.69) is 4.98 Å². The van der Waals surface area contributed by atoms with Crippen LogP contribution in [0.5, 0.6) is 0 Å². The Kier molecular flexibility index (Phi) is 3.11. The van der Waals surface area contributed by atoms with Crippen molar-refractivity contribution in [2.24, 2.45) is 0 Å². The van der Waals surface area contributed by atoms with Gasteiger partial charge < -0.3 is 0 Å². The molecule has 1 aromatic heterocycles. The molecule has 1 aromatic rings. The van der Waals surface area contributed by atoms with Gasteiger partial charge in [-0.2, -0.15) is 0 Å². The molecule has 0 fully saturated rings. The van der Waals surface area contributed by atoms with Gasteiger partial charge in [-0.15, -0.1) is 0 Å². The van der Waals surface area contributed by atoms with E-state index in [1.54, 1.807) is 6.07 Å². The van der Waals surface area contributed by atoms with E-state index < -0.39 is 0 Å². The van der Waals surface area contributed by atoms with Gasteiger partial charge in [0, 0.05) is 5.41 Å². The summed E-state index contributed by atoms with van der Waals surface area (Å²) in [5.41, 5.74) is 0.581. The third kappa shape index (κ3) is 2.49. The Morgan fingerprint density at radius 1 is 1.15 bits per heavy atom. The van der Waals surface area contributed by atoms with Crippen molar-refractivity contribution < 1.29 is 0 Å². The summed E-state index contributed by atoms with van der Waals surface area (Å²) in [5.74, 6) is 0. The lowest BCUT2D eigenvalue weighted by atomic mass is 9.92. The normalized spacial score (nSPS) is 11.8. The second kappa shape index (κ2) is 3.64. The summed E-state index contributed by atoms with van der Waals surface area (Å²) < 4.78 is 0. The highest BCUT2D eigenvalue weighted by Crippen LogP contribution is 2.34. The third-order valence-corrected chi connectivity index (χ3v) is 2.56.